The molecule has 0 radical (unpaired) electrons. The molecule has 6 heteroatoms. The number of amides is 1. The summed E-state index contributed by atoms with van der Waals surface area (Å²) in [4.78, 5) is 14.6. The first-order chi connectivity index (χ1) is 11.2. The highest BCUT2D eigenvalue weighted by atomic mass is 19.1. The SMILES string of the molecule is CC(C)[C@H](c1ccc(F)cc1)N(C)C(=O)c1cnn(C(C)C)c1N. The van der Waals surface area contributed by atoms with Gasteiger partial charge in [-0.2, -0.15) is 5.10 Å². The predicted molar refractivity (Wildman–Crippen MR) is 93.1 cm³/mol. The van der Waals surface area contributed by atoms with Crippen LogP contribution in [0.25, 0.3) is 0 Å². The molecule has 0 aliphatic carbocycles. The molecule has 1 amide bonds. The van der Waals surface area contributed by atoms with E-state index in [9.17, 15) is 9.18 Å². The zero-order chi connectivity index (χ0) is 18.0. The molecule has 0 bridgehead atoms. The number of benzene rings is 1. The topological polar surface area (TPSA) is 64.2 Å². The van der Waals surface area contributed by atoms with Crippen molar-refractivity contribution in [3.05, 3.63) is 47.4 Å². The summed E-state index contributed by atoms with van der Waals surface area (Å²) in [5.41, 5.74) is 7.36. The lowest BCUT2D eigenvalue weighted by atomic mass is 9.94. The fourth-order valence-corrected chi connectivity index (χ4v) is 2.98. The van der Waals surface area contributed by atoms with Crippen LogP contribution >= 0.6 is 0 Å². The van der Waals surface area contributed by atoms with Crippen molar-refractivity contribution in [1.29, 1.82) is 0 Å². The maximum absolute atomic E-state index is 13.2. The number of halogens is 1. The highest BCUT2D eigenvalue weighted by Crippen LogP contribution is 2.30. The van der Waals surface area contributed by atoms with Gasteiger partial charge in [0.1, 0.15) is 17.2 Å². The van der Waals surface area contributed by atoms with Gasteiger partial charge in [0, 0.05) is 13.1 Å². The van der Waals surface area contributed by atoms with E-state index in [4.69, 9.17) is 5.73 Å². The Morgan fingerprint density at radius 2 is 1.79 bits per heavy atom. The molecule has 5 nitrogen and oxygen atoms in total. The lowest BCUT2D eigenvalue weighted by Gasteiger charge is -2.31. The van der Waals surface area contributed by atoms with E-state index in [1.807, 2.05) is 27.7 Å². The van der Waals surface area contributed by atoms with E-state index in [2.05, 4.69) is 5.10 Å². The van der Waals surface area contributed by atoms with Crippen LogP contribution in [0.4, 0.5) is 10.2 Å². The van der Waals surface area contributed by atoms with Gasteiger partial charge in [-0.15, -0.1) is 0 Å². The number of nitrogen functional groups attached to an aromatic ring is 1. The molecule has 2 rings (SSSR count). The largest absolute Gasteiger partial charge is 0.383 e. The lowest BCUT2D eigenvalue weighted by Crippen LogP contribution is -2.34. The summed E-state index contributed by atoms with van der Waals surface area (Å²) in [5.74, 6) is 0.0364. The van der Waals surface area contributed by atoms with Crippen molar-refractivity contribution >= 4 is 11.7 Å². The van der Waals surface area contributed by atoms with E-state index >= 15 is 0 Å². The first-order valence-electron chi connectivity index (χ1n) is 8.09. The Balaban J connectivity index is 2.34. The molecule has 0 fully saturated rings. The maximum Gasteiger partial charge on any atom is 0.259 e. The van der Waals surface area contributed by atoms with E-state index < -0.39 is 0 Å². The van der Waals surface area contributed by atoms with E-state index in [1.165, 1.54) is 18.3 Å². The van der Waals surface area contributed by atoms with Gasteiger partial charge in [-0.25, -0.2) is 9.07 Å². The van der Waals surface area contributed by atoms with Crippen molar-refractivity contribution in [2.24, 2.45) is 5.92 Å². The Morgan fingerprint density at radius 1 is 1.21 bits per heavy atom. The number of rotatable bonds is 5. The summed E-state index contributed by atoms with van der Waals surface area (Å²) < 4.78 is 14.8. The van der Waals surface area contributed by atoms with Crippen molar-refractivity contribution in [3.63, 3.8) is 0 Å². The second-order valence-corrected chi connectivity index (χ2v) is 6.64. The molecule has 1 aromatic heterocycles. The second kappa shape index (κ2) is 7.03. The third-order valence-electron chi connectivity index (χ3n) is 4.13. The Kier molecular flexibility index (Phi) is 5.26. The predicted octanol–water partition coefficient (Wildman–Crippen LogP) is 3.65. The van der Waals surface area contributed by atoms with Crippen molar-refractivity contribution < 1.29 is 9.18 Å². The summed E-state index contributed by atoms with van der Waals surface area (Å²) in [6, 6.07) is 6.15. The van der Waals surface area contributed by atoms with Crippen LogP contribution in [-0.2, 0) is 0 Å². The minimum atomic E-state index is -0.294. The molecule has 24 heavy (non-hydrogen) atoms. The lowest BCUT2D eigenvalue weighted by molar-refractivity contribution is 0.0688. The molecule has 1 atom stereocenters. The van der Waals surface area contributed by atoms with Crippen LogP contribution in [0.5, 0.6) is 0 Å². The van der Waals surface area contributed by atoms with Gasteiger partial charge in [0.15, 0.2) is 0 Å². The van der Waals surface area contributed by atoms with E-state index in [1.54, 1.807) is 28.8 Å². The van der Waals surface area contributed by atoms with Gasteiger partial charge in [0.05, 0.1) is 12.2 Å². The number of nitrogens with two attached hydrogens (primary N) is 1. The monoisotopic (exact) mass is 332 g/mol. The zero-order valence-corrected chi connectivity index (χ0v) is 14.8. The number of carbonyl (C=O) groups excluding carboxylic acids is 1. The molecule has 0 spiro atoms. The average molecular weight is 332 g/mol. The third-order valence-corrected chi connectivity index (χ3v) is 4.13. The summed E-state index contributed by atoms with van der Waals surface area (Å²) in [6.07, 6.45) is 1.51. The zero-order valence-electron chi connectivity index (χ0n) is 14.8. The summed E-state index contributed by atoms with van der Waals surface area (Å²) in [5, 5.41) is 4.20. The number of hydrogen-bond acceptors (Lipinski definition) is 3. The molecule has 1 heterocycles. The number of carbonyl (C=O) groups is 1. The molecule has 0 aliphatic rings. The van der Waals surface area contributed by atoms with E-state index in [0.717, 1.165) is 5.56 Å². The minimum Gasteiger partial charge on any atom is -0.383 e. The van der Waals surface area contributed by atoms with Gasteiger partial charge < -0.3 is 10.6 Å². The van der Waals surface area contributed by atoms with Gasteiger partial charge >= 0.3 is 0 Å². The number of nitrogens with zero attached hydrogens (tertiary/aromatic N) is 3. The van der Waals surface area contributed by atoms with Crippen molar-refractivity contribution in [1.82, 2.24) is 14.7 Å². The van der Waals surface area contributed by atoms with Gasteiger partial charge in [-0.1, -0.05) is 26.0 Å². The Labute approximate surface area is 142 Å². The summed E-state index contributed by atoms with van der Waals surface area (Å²) >= 11 is 0. The molecule has 2 aromatic rings. The molecule has 1 aromatic carbocycles. The van der Waals surface area contributed by atoms with Crippen molar-refractivity contribution in [3.8, 4) is 0 Å². The van der Waals surface area contributed by atoms with Gasteiger partial charge in [0.25, 0.3) is 5.91 Å². The Bertz CT molecular complexity index is 706. The van der Waals surface area contributed by atoms with Crippen LogP contribution in [0.3, 0.4) is 0 Å². The normalized spacial score (nSPS) is 12.7. The number of hydrogen-bond donors (Lipinski definition) is 1. The molecule has 0 unspecified atom stereocenters. The quantitative estimate of drug-likeness (QED) is 0.909. The molecule has 2 N–H and O–H groups in total. The Hall–Kier alpha value is -2.37. The first kappa shape index (κ1) is 18.0. The minimum absolute atomic E-state index is 0.0786. The number of anilines is 1. The first-order valence-corrected chi connectivity index (χ1v) is 8.09. The van der Waals surface area contributed by atoms with Crippen molar-refractivity contribution in [2.45, 2.75) is 39.8 Å². The fraction of sp³-hybridized carbons (Fsp3) is 0.444. The van der Waals surface area contributed by atoms with Crippen molar-refractivity contribution in [2.75, 3.05) is 12.8 Å². The average Bonchev–Trinajstić information content (AvgIpc) is 2.90. The molecular formula is C18H25FN4O. The molecule has 130 valence electrons. The van der Waals surface area contributed by atoms with Gasteiger partial charge in [-0.05, 0) is 37.5 Å². The molecule has 0 saturated carbocycles. The smallest absolute Gasteiger partial charge is 0.259 e. The maximum atomic E-state index is 13.2. The summed E-state index contributed by atoms with van der Waals surface area (Å²) in [6.45, 7) is 7.96. The molecular weight excluding hydrogens is 307 g/mol. The summed E-state index contributed by atoms with van der Waals surface area (Å²) in [7, 11) is 1.74. The van der Waals surface area contributed by atoms with Crippen LogP contribution < -0.4 is 5.73 Å². The van der Waals surface area contributed by atoms with Gasteiger partial charge in [0.2, 0.25) is 0 Å². The van der Waals surface area contributed by atoms with Crippen LogP contribution in [-0.4, -0.2) is 27.6 Å². The standard InChI is InChI=1S/C18H25FN4O/c1-11(2)16(13-6-8-14(19)9-7-13)22(5)18(24)15-10-21-23(12(3)4)17(15)20/h6-12,16H,20H2,1-5H3/t16-/m1/s1. The van der Waals surface area contributed by atoms with Gasteiger partial charge in [-0.3, -0.25) is 4.79 Å². The Morgan fingerprint density at radius 3 is 2.25 bits per heavy atom. The molecule has 0 saturated heterocycles. The second-order valence-electron chi connectivity index (χ2n) is 6.64. The van der Waals surface area contributed by atoms with Crippen LogP contribution in [0.15, 0.2) is 30.5 Å². The van der Waals surface area contributed by atoms with Crippen LogP contribution in [0.1, 0.15) is 55.7 Å². The molecule has 0 aliphatic heterocycles. The highest BCUT2D eigenvalue weighted by Gasteiger charge is 2.28. The van der Waals surface area contributed by atoms with Crippen LogP contribution in [0.2, 0.25) is 0 Å². The highest BCUT2D eigenvalue weighted by molar-refractivity contribution is 5.98. The third kappa shape index (κ3) is 3.42. The number of aromatic nitrogens is 2. The fourth-order valence-electron chi connectivity index (χ4n) is 2.98. The van der Waals surface area contributed by atoms with E-state index in [0.29, 0.717) is 11.4 Å². The van der Waals surface area contributed by atoms with E-state index in [-0.39, 0.29) is 29.7 Å². The van der Waals surface area contributed by atoms with Crippen LogP contribution in [0, 0.1) is 11.7 Å².